The molecule has 3 amide bonds. The predicted molar refractivity (Wildman–Crippen MR) is 136 cm³/mol. The number of rotatable bonds is 4. The Labute approximate surface area is 218 Å². The number of carbonyl (C=O) groups is 4. The summed E-state index contributed by atoms with van der Waals surface area (Å²) in [6.45, 7) is 3.84. The minimum Gasteiger partial charge on any atom is -0.426 e. The van der Waals surface area contributed by atoms with Gasteiger partial charge in [-0.05, 0) is 61.2 Å². The van der Waals surface area contributed by atoms with Gasteiger partial charge in [-0.15, -0.1) is 0 Å². The number of halogens is 2. The molecule has 186 valence electrons. The van der Waals surface area contributed by atoms with Crippen LogP contribution in [0.1, 0.15) is 25.3 Å². The molecule has 2 saturated heterocycles. The zero-order chi connectivity index (χ0) is 25.7. The molecule has 1 aliphatic carbocycles. The molecule has 0 spiro atoms. The molecular weight excluding hydrogens is 503 g/mol. The van der Waals surface area contributed by atoms with E-state index in [9.17, 15) is 19.2 Å². The number of nitrogens with zero attached hydrogens (tertiary/aromatic N) is 2. The second-order valence-corrected chi connectivity index (χ2v) is 10.4. The fourth-order valence-corrected chi connectivity index (χ4v) is 5.70. The molecule has 2 heterocycles. The quantitative estimate of drug-likeness (QED) is 0.243. The van der Waals surface area contributed by atoms with Gasteiger partial charge in [0.25, 0.3) is 0 Å². The van der Waals surface area contributed by atoms with Crippen LogP contribution in [0.4, 0.5) is 11.4 Å². The van der Waals surface area contributed by atoms with E-state index in [-0.39, 0.29) is 54.2 Å². The molecule has 3 aliphatic rings. The van der Waals surface area contributed by atoms with E-state index in [2.05, 4.69) is 0 Å². The summed E-state index contributed by atoms with van der Waals surface area (Å²) in [7, 11) is 0. The number of allylic oxidation sites excluding steroid dienone is 2. The van der Waals surface area contributed by atoms with Crippen molar-refractivity contribution in [3.63, 3.8) is 0 Å². The highest BCUT2D eigenvalue weighted by Gasteiger charge is 2.50. The normalized spacial score (nSPS) is 25.5. The number of esters is 1. The number of anilines is 2. The number of ether oxygens (including phenoxy) is 1. The van der Waals surface area contributed by atoms with Crippen molar-refractivity contribution < 1.29 is 23.9 Å². The van der Waals surface area contributed by atoms with Gasteiger partial charge in [0.05, 0.1) is 34.2 Å². The van der Waals surface area contributed by atoms with Crippen LogP contribution in [0.15, 0.2) is 48.6 Å². The van der Waals surface area contributed by atoms with E-state index in [4.69, 9.17) is 27.9 Å². The van der Waals surface area contributed by atoms with Gasteiger partial charge in [0.2, 0.25) is 17.7 Å². The van der Waals surface area contributed by atoms with Crippen molar-refractivity contribution in [2.75, 3.05) is 16.3 Å². The van der Waals surface area contributed by atoms with Crippen LogP contribution in [0, 0.1) is 30.6 Å². The van der Waals surface area contributed by atoms with Gasteiger partial charge >= 0.3 is 5.97 Å². The maximum atomic E-state index is 13.1. The number of benzene rings is 2. The second-order valence-electron chi connectivity index (χ2n) is 9.54. The highest BCUT2D eigenvalue weighted by Crippen LogP contribution is 2.42. The number of amides is 3. The molecule has 5 rings (SSSR count). The van der Waals surface area contributed by atoms with Crippen LogP contribution in [0.3, 0.4) is 0 Å². The van der Waals surface area contributed by atoms with Crippen LogP contribution in [-0.4, -0.2) is 30.2 Å². The van der Waals surface area contributed by atoms with Gasteiger partial charge in [0.1, 0.15) is 5.75 Å². The number of carbonyl (C=O) groups excluding carboxylic acids is 4. The molecule has 0 bridgehead atoms. The Balaban J connectivity index is 1.30. The monoisotopic (exact) mass is 526 g/mol. The minimum atomic E-state index is -0.675. The first-order valence-corrected chi connectivity index (χ1v) is 12.5. The second kappa shape index (κ2) is 9.37. The van der Waals surface area contributed by atoms with Gasteiger partial charge in [-0.1, -0.05) is 42.3 Å². The van der Waals surface area contributed by atoms with Crippen molar-refractivity contribution >= 4 is 58.3 Å². The third kappa shape index (κ3) is 4.20. The van der Waals surface area contributed by atoms with E-state index in [0.29, 0.717) is 33.4 Å². The first-order valence-electron chi connectivity index (χ1n) is 11.8. The predicted octanol–water partition coefficient (Wildman–Crippen LogP) is 4.96. The van der Waals surface area contributed by atoms with Crippen LogP contribution in [-0.2, 0) is 19.2 Å². The fourth-order valence-electron chi connectivity index (χ4n) is 5.32. The molecule has 0 saturated carbocycles. The van der Waals surface area contributed by atoms with Crippen molar-refractivity contribution in [3.8, 4) is 5.75 Å². The molecule has 2 aliphatic heterocycles. The van der Waals surface area contributed by atoms with Crippen LogP contribution in [0.5, 0.6) is 5.75 Å². The van der Waals surface area contributed by atoms with Gasteiger partial charge in [-0.2, -0.15) is 0 Å². The largest absolute Gasteiger partial charge is 0.426 e. The Morgan fingerprint density at radius 2 is 1.81 bits per heavy atom. The number of imide groups is 1. The van der Waals surface area contributed by atoms with Crippen molar-refractivity contribution in [3.05, 3.63) is 64.2 Å². The summed E-state index contributed by atoms with van der Waals surface area (Å²) in [4.78, 5) is 54.3. The van der Waals surface area contributed by atoms with Crippen LogP contribution in [0.2, 0.25) is 10.0 Å². The SMILES string of the molecule is Cc1cc(OC(=O)[C@@H]2CC(=O)N(c3cc(Cl)ccc3Cl)C2)ccc1N1C(=O)[C@@H]2[C@H](C)C=CC[C@H]2C1=O. The standard InChI is InChI=1S/C27H24Cl2N2O5/c1-14-4-3-5-19-24(14)26(34)31(25(19)33)21-9-7-18(10-15(21)2)36-27(35)16-11-23(32)30(13-16)22-12-17(28)6-8-20(22)29/h3-4,6-10,12,14,16,19,24H,5,11,13H2,1-2H3/t14-,16-,19-,24-/m1/s1. The van der Waals surface area contributed by atoms with E-state index in [1.807, 2.05) is 19.1 Å². The zero-order valence-electron chi connectivity index (χ0n) is 19.7. The summed E-state index contributed by atoms with van der Waals surface area (Å²) >= 11 is 12.3. The highest BCUT2D eigenvalue weighted by atomic mass is 35.5. The van der Waals surface area contributed by atoms with E-state index in [1.54, 1.807) is 43.3 Å². The maximum absolute atomic E-state index is 13.1. The van der Waals surface area contributed by atoms with E-state index in [1.165, 1.54) is 9.80 Å². The number of fused-ring (bicyclic) bond motifs is 1. The average molecular weight is 527 g/mol. The molecule has 0 aromatic heterocycles. The van der Waals surface area contributed by atoms with E-state index in [0.717, 1.165) is 0 Å². The molecule has 4 atom stereocenters. The third-order valence-electron chi connectivity index (χ3n) is 7.16. The molecule has 0 unspecified atom stereocenters. The lowest BCUT2D eigenvalue weighted by molar-refractivity contribution is -0.139. The number of aryl methyl sites for hydroxylation is 1. The summed E-state index contributed by atoms with van der Waals surface area (Å²) in [5.74, 6) is -2.27. The van der Waals surface area contributed by atoms with Gasteiger partial charge in [0, 0.05) is 18.0 Å². The Bertz CT molecular complexity index is 1320. The van der Waals surface area contributed by atoms with Gasteiger partial charge in [-0.3, -0.25) is 19.2 Å². The molecule has 0 radical (unpaired) electrons. The Morgan fingerprint density at radius 1 is 1.03 bits per heavy atom. The van der Waals surface area contributed by atoms with Gasteiger partial charge < -0.3 is 9.64 Å². The third-order valence-corrected chi connectivity index (χ3v) is 7.71. The van der Waals surface area contributed by atoms with Crippen molar-refractivity contribution in [2.24, 2.45) is 23.7 Å². The van der Waals surface area contributed by atoms with Gasteiger partial charge in [-0.25, -0.2) is 4.90 Å². The molecule has 7 nitrogen and oxygen atoms in total. The number of hydrogen-bond acceptors (Lipinski definition) is 5. The molecule has 2 fully saturated rings. The Hall–Kier alpha value is -3.16. The van der Waals surface area contributed by atoms with Gasteiger partial charge in [0.15, 0.2) is 0 Å². The van der Waals surface area contributed by atoms with Crippen molar-refractivity contribution in [1.29, 1.82) is 0 Å². The smallest absolute Gasteiger partial charge is 0.316 e. The van der Waals surface area contributed by atoms with E-state index < -0.39 is 11.9 Å². The zero-order valence-corrected chi connectivity index (χ0v) is 21.3. The molecule has 2 aromatic rings. The van der Waals surface area contributed by atoms with Crippen LogP contribution >= 0.6 is 23.2 Å². The Kier molecular flexibility index (Phi) is 6.39. The lowest BCUT2D eigenvalue weighted by atomic mass is 9.78. The van der Waals surface area contributed by atoms with Crippen LogP contribution < -0.4 is 14.5 Å². The van der Waals surface area contributed by atoms with Crippen molar-refractivity contribution in [1.82, 2.24) is 0 Å². The summed E-state index contributed by atoms with van der Waals surface area (Å²) in [6, 6.07) is 9.63. The summed E-state index contributed by atoms with van der Waals surface area (Å²) in [6.07, 6.45) is 4.50. The maximum Gasteiger partial charge on any atom is 0.316 e. The number of hydrogen-bond donors (Lipinski definition) is 0. The average Bonchev–Trinajstić information content (AvgIpc) is 3.34. The minimum absolute atomic E-state index is 0.00112. The molecule has 9 heteroatoms. The molecule has 2 aromatic carbocycles. The first kappa shape index (κ1) is 24.5. The molecule has 0 N–H and O–H groups in total. The molecule has 36 heavy (non-hydrogen) atoms. The summed E-state index contributed by atoms with van der Waals surface area (Å²) < 4.78 is 5.57. The topological polar surface area (TPSA) is 84.0 Å². The lowest BCUT2D eigenvalue weighted by Gasteiger charge is -2.22. The van der Waals surface area contributed by atoms with E-state index >= 15 is 0 Å². The molecular formula is C27H24Cl2N2O5. The highest BCUT2D eigenvalue weighted by molar-refractivity contribution is 6.36. The van der Waals surface area contributed by atoms with Crippen LogP contribution in [0.25, 0.3) is 0 Å². The fraction of sp³-hybridized carbons (Fsp3) is 0.333. The summed E-state index contributed by atoms with van der Waals surface area (Å²) in [5, 5.41) is 0.799. The first-order chi connectivity index (χ1) is 17.2. The van der Waals surface area contributed by atoms with Crippen molar-refractivity contribution in [2.45, 2.75) is 26.7 Å². The Morgan fingerprint density at radius 3 is 2.53 bits per heavy atom. The lowest BCUT2D eigenvalue weighted by Crippen LogP contribution is -2.32. The summed E-state index contributed by atoms with van der Waals surface area (Å²) in [5.41, 5.74) is 1.58.